The van der Waals surface area contributed by atoms with Crippen molar-refractivity contribution in [3.05, 3.63) is 52.5 Å². The van der Waals surface area contributed by atoms with Gasteiger partial charge < -0.3 is 20.5 Å². The fraction of sp³-hybridized carbons (Fsp3) is 0.385. The van der Waals surface area contributed by atoms with Gasteiger partial charge in [0.1, 0.15) is 5.54 Å². The van der Waals surface area contributed by atoms with E-state index in [1.165, 1.54) is 12.0 Å². The second kappa shape index (κ2) is 9.35. The molecule has 2 aromatic rings. The third kappa shape index (κ3) is 3.91. The lowest BCUT2D eigenvalue weighted by molar-refractivity contribution is -0.142. The molecule has 2 saturated heterocycles. The molecular formula is C26H27ClN4O6. The van der Waals surface area contributed by atoms with E-state index in [-0.39, 0.29) is 25.3 Å². The normalized spacial score (nSPS) is 25.9. The minimum absolute atomic E-state index is 0.00804. The molecule has 4 N–H and O–H groups in total. The number of halogens is 1. The van der Waals surface area contributed by atoms with Crippen LogP contribution in [0.2, 0.25) is 5.02 Å². The maximum Gasteiger partial charge on any atom is 0.250 e. The number of nitrogens with two attached hydrogens (primary N) is 1. The first-order valence-corrected chi connectivity index (χ1v) is 12.3. The molecule has 1 spiro atoms. The van der Waals surface area contributed by atoms with Gasteiger partial charge in [-0.2, -0.15) is 0 Å². The molecular weight excluding hydrogens is 500 g/mol. The molecule has 0 radical (unpaired) electrons. The molecule has 37 heavy (non-hydrogen) atoms. The molecule has 0 unspecified atom stereocenters. The Bertz CT molecular complexity index is 1320. The van der Waals surface area contributed by atoms with Gasteiger partial charge in [0.2, 0.25) is 23.6 Å². The van der Waals surface area contributed by atoms with Crippen molar-refractivity contribution >= 4 is 40.9 Å². The quantitative estimate of drug-likeness (QED) is 0.444. The molecule has 0 bridgehead atoms. The van der Waals surface area contributed by atoms with Crippen LogP contribution in [0.4, 0.5) is 5.69 Å². The molecule has 0 saturated carbocycles. The zero-order valence-corrected chi connectivity index (χ0v) is 21.1. The number of carbonyl (C=O) groups is 4. The Balaban J connectivity index is 1.48. The van der Waals surface area contributed by atoms with Crippen LogP contribution < -0.4 is 25.8 Å². The summed E-state index contributed by atoms with van der Waals surface area (Å²) in [4.78, 5) is 53.7. The van der Waals surface area contributed by atoms with E-state index in [4.69, 9.17) is 26.8 Å². The molecule has 194 valence electrons. The van der Waals surface area contributed by atoms with E-state index >= 15 is 0 Å². The van der Waals surface area contributed by atoms with Crippen LogP contribution in [0.25, 0.3) is 0 Å². The smallest absolute Gasteiger partial charge is 0.250 e. The van der Waals surface area contributed by atoms with Gasteiger partial charge in [0.25, 0.3) is 0 Å². The summed E-state index contributed by atoms with van der Waals surface area (Å²) in [6, 6.07) is 9.76. The number of carbonyl (C=O) groups excluding carboxylic acids is 4. The Morgan fingerprint density at radius 2 is 1.84 bits per heavy atom. The molecule has 0 aliphatic carbocycles. The molecule has 11 heteroatoms. The summed E-state index contributed by atoms with van der Waals surface area (Å²) in [6.45, 7) is 0.128. The number of nitrogens with one attached hydrogen (secondary N) is 2. The van der Waals surface area contributed by atoms with Gasteiger partial charge >= 0.3 is 0 Å². The minimum atomic E-state index is -1.47. The lowest BCUT2D eigenvalue weighted by atomic mass is 9.76. The summed E-state index contributed by atoms with van der Waals surface area (Å²) >= 11 is 6.26. The highest BCUT2D eigenvalue weighted by atomic mass is 35.5. The van der Waals surface area contributed by atoms with Gasteiger partial charge in [0, 0.05) is 35.3 Å². The van der Waals surface area contributed by atoms with Gasteiger partial charge in [-0.15, -0.1) is 0 Å². The highest BCUT2D eigenvalue weighted by Crippen LogP contribution is 2.53. The topological polar surface area (TPSA) is 140 Å². The van der Waals surface area contributed by atoms with Crippen molar-refractivity contribution in [1.82, 2.24) is 10.2 Å². The molecule has 4 amide bonds. The largest absolute Gasteiger partial charge is 0.493 e. The first-order valence-electron chi connectivity index (χ1n) is 11.9. The molecule has 5 rings (SSSR count). The van der Waals surface area contributed by atoms with Gasteiger partial charge in [0.05, 0.1) is 26.1 Å². The fourth-order valence-corrected chi connectivity index (χ4v) is 6.05. The molecule has 3 aliphatic heterocycles. The van der Waals surface area contributed by atoms with Crippen LogP contribution in [0.15, 0.2) is 36.4 Å². The third-order valence-corrected chi connectivity index (χ3v) is 7.78. The van der Waals surface area contributed by atoms with Gasteiger partial charge in [-0.25, -0.2) is 0 Å². The predicted molar refractivity (Wildman–Crippen MR) is 134 cm³/mol. The summed E-state index contributed by atoms with van der Waals surface area (Å²) in [5.41, 5.74) is 5.80. The fourth-order valence-electron chi connectivity index (χ4n) is 5.88. The number of hydrogen-bond donors (Lipinski definition) is 3. The minimum Gasteiger partial charge on any atom is -0.493 e. The average molecular weight is 527 g/mol. The SMILES string of the molecule is COc1ccc(CCN2C(=O)[C@@H]3[C@H](CCC(N)=O)N[C@]4(C(=O)Nc5ccc(Cl)cc54)[C@@H]3C2=O)cc1OC. The summed E-state index contributed by atoms with van der Waals surface area (Å²) in [5, 5.41) is 6.49. The number of methoxy groups -OCH3 is 2. The highest BCUT2D eigenvalue weighted by molar-refractivity contribution is 6.31. The molecule has 3 heterocycles. The van der Waals surface area contributed by atoms with Crippen molar-refractivity contribution in [3.63, 3.8) is 0 Å². The van der Waals surface area contributed by atoms with Crippen molar-refractivity contribution in [2.24, 2.45) is 17.6 Å². The molecule has 3 aliphatic rings. The monoisotopic (exact) mass is 526 g/mol. The summed E-state index contributed by atoms with van der Waals surface area (Å²) in [5.74, 6) is -2.46. The van der Waals surface area contributed by atoms with Crippen LogP contribution in [-0.4, -0.2) is 55.3 Å². The van der Waals surface area contributed by atoms with Crippen LogP contribution in [0.3, 0.4) is 0 Å². The Hall–Kier alpha value is -3.63. The van der Waals surface area contributed by atoms with E-state index in [0.717, 1.165) is 5.56 Å². The van der Waals surface area contributed by atoms with Crippen LogP contribution >= 0.6 is 11.6 Å². The lowest BCUT2D eigenvalue weighted by Crippen LogP contribution is -2.53. The predicted octanol–water partition coefficient (Wildman–Crippen LogP) is 1.59. The van der Waals surface area contributed by atoms with E-state index in [0.29, 0.717) is 34.2 Å². The van der Waals surface area contributed by atoms with Gasteiger partial charge in [-0.05, 0) is 48.7 Å². The third-order valence-electron chi connectivity index (χ3n) is 7.54. The van der Waals surface area contributed by atoms with Crippen molar-refractivity contribution in [2.45, 2.75) is 30.8 Å². The zero-order valence-electron chi connectivity index (χ0n) is 20.4. The molecule has 4 atom stereocenters. The van der Waals surface area contributed by atoms with E-state index in [1.54, 1.807) is 37.4 Å². The van der Waals surface area contributed by atoms with E-state index in [9.17, 15) is 19.2 Å². The number of imide groups is 1. The first-order chi connectivity index (χ1) is 17.7. The lowest BCUT2D eigenvalue weighted by Gasteiger charge is -2.29. The van der Waals surface area contributed by atoms with Gasteiger partial charge in [-0.1, -0.05) is 17.7 Å². The summed E-state index contributed by atoms with van der Waals surface area (Å²) < 4.78 is 10.6. The van der Waals surface area contributed by atoms with Crippen LogP contribution in [0.1, 0.15) is 24.0 Å². The maximum absolute atomic E-state index is 13.8. The Labute approximate surface area is 218 Å². The number of primary amides is 1. The van der Waals surface area contributed by atoms with E-state index in [1.807, 2.05) is 6.07 Å². The second-order valence-electron chi connectivity index (χ2n) is 9.48. The van der Waals surface area contributed by atoms with Crippen LogP contribution in [0.5, 0.6) is 11.5 Å². The zero-order chi connectivity index (χ0) is 26.5. The standard InChI is InChI=1S/C26H27ClN4O6/c1-36-18-7-3-13(11-19(18)37-2)9-10-31-23(33)21-17(6-8-20(28)32)30-26(22(21)24(31)34)15-12-14(27)4-5-16(15)29-25(26)35/h3-5,7,11-12,17,21-22,30H,6,8-10H2,1-2H3,(H2,28,32)(H,29,35)/t17-,21+,22-,26-/m0/s1. The number of hydrogen-bond acceptors (Lipinski definition) is 7. The van der Waals surface area contributed by atoms with Crippen LogP contribution in [-0.2, 0) is 31.1 Å². The van der Waals surface area contributed by atoms with Crippen molar-refractivity contribution in [2.75, 3.05) is 26.1 Å². The average Bonchev–Trinajstić information content (AvgIpc) is 3.45. The van der Waals surface area contributed by atoms with Crippen molar-refractivity contribution < 1.29 is 28.7 Å². The number of likely N-dealkylation sites (tertiary alicyclic amines) is 1. The summed E-state index contributed by atoms with van der Waals surface area (Å²) in [7, 11) is 3.08. The second-order valence-corrected chi connectivity index (χ2v) is 9.92. The van der Waals surface area contributed by atoms with E-state index < -0.39 is 41.1 Å². The number of nitrogens with zero attached hydrogens (tertiary/aromatic N) is 1. The van der Waals surface area contributed by atoms with Gasteiger partial charge in [0.15, 0.2) is 11.5 Å². The van der Waals surface area contributed by atoms with Crippen LogP contribution in [0, 0.1) is 11.8 Å². The van der Waals surface area contributed by atoms with Crippen molar-refractivity contribution in [3.8, 4) is 11.5 Å². The van der Waals surface area contributed by atoms with E-state index in [2.05, 4.69) is 10.6 Å². The number of rotatable bonds is 8. The molecule has 10 nitrogen and oxygen atoms in total. The number of ether oxygens (including phenoxy) is 2. The number of fused-ring (bicyclic) bond motifs is 4. The Kier molecular flexibility index (Phi) is 6.33. The van der Waals surface area contributed by atoms with Crippen molar-refractivity contribution in [1.29, 1.82) is 0 Å². The highest BCUT2D eigenvalue weighted by Gasteiger charge is 2.70. The first kappa shape index (κ1) is 25.0. The number of anilines is 1. The molecule has 2 fully saturated rings. The molecule has 0 aromatic heterocycles. The molecule has 2 aromatic carbocycles. The maximum atomic E-state index is 13.8. The number of benzene rings is 2. The van der Waals surface area contributed by atoms with Gasteiger partial charge in [-0.3, -0.25) is 29.4 Å². The Morgan fingerprint density at radius 3 is 2.54 bits per heavy atom. The number of amides is 4. The summed E-state index contributed by atoms with van der Waals surface area (Å²) in [6.07, 6.45) is 0.607. The Morgan fingerprint density at radius 1 is 1.08 bits per heavy atom.